The van der Waals surface area contributed by atoms with Crippen molar-refractivity contribution in [3.8, 4) is 5.75 Å². The summed E-state index contributed by atoms with van der Waals surface area (Å²) in [4.78, 5) is 0. The van der Waals surface area contributed by atoms with Gasteiger partial charge in [0.05, 0.1) is 13.4 Å². The van der Waals surface area contributed by atoms with Gasteiger partial charge >= 0.3 is 0 Å². The highest BCUT2D eigenvalue weighted by molar-refractivity contribution is 5.38. The molecule has 0 spiro atoms. The van der Waals surface area contributed by atoms with Crippen LogP contribution in [0.15, 0.2) is 66.9 Å². The summed E-state index contributed by atoms with van der Waals surface area (Å²) in [5, 5.41) is 0. The zero-order valence-electron chi connectivity index (χ0n) is 12.2. The van der Waals surface area contributed by atoms with E-state index in [0.29, 0.717) is 13.2 Å². The molecule has 0 aliphatic carbocycles. The van der Waals surface area contributed by atoms with E-state index in [1.165, 1.54) is 0 Å². The van der Waals surface area contributed by atoms with Crippen LogP contribution in [0.1, 0.15) is 5.56 Å². The number of rotatable bonds is 7. The molecule has 3 heteroatoms. The van der Waals surface area contributed by atoms with Gasteiger partial charge in [0.15, 0.2) is 6.54 Å². The lowest BCUT2D eigenvalue weighted by atomic mass is 10.2. The van der Waals surface area contributed by atoms with E-state index in [9.17, 15) is 0 Å². The number of benzene rings is 2. The second-order valence-electron chi connectivity index (χ2n) is 4.59. The monoisotopic (exact) mass is 282 g/mol. The number of nitrogens with zero attached hydrogens (tertiary/aromatic N) is 1. The lowest BCUT2D eigenvalue weighted by Crippen LogP contribution is -2.02. The van der Waals surface area contributed by atoms with Gasteiger partial charge in [0.2, 0.25) is 5.69 Å². The molecule has 0 radical (unpaired) electrons. The van der Waals surface area contributed by atoms with Crippen LogP contribution < -0.4 is 4.74 Å². The lowest BCUT2D eigenvalue weighted by Gasteiger charge is -2.01. The van der Waals surface area contributed by atoms with Crippen LogP contribution in [0.2, 0.25) is 0 Å². The van der Waals surface area contributed by atoms with Crippen LogP contribution in [-0.4, -0.2) is 24.9 Å². The average Bonchev–Trinajstić information content (AvgIpc) is 2.55. The molecule has 3 nitrogen and oxygen atoms in total. The SMILES string of the molecule is C=[N+](CC=COCc1ccccc1)c1ccc(OC)cc1. The first-order valence-electron chi connectivity index (χ1n) is 6.82. The molecule has 0 N–H and O–H groups in total. The normalized spacial score (nSPS) is 10.5. The summed E-state index contributed by atoms with van der Waals surface area (Å²) in [6.45, 7) is 5.27. The van der Waals surface area contributed by atoms with E-state index in [2.05, 4.69) is 6.72 Å². The van der Waals surface area contributed by atoms with E-state index in [1.807, 2.05) is 65.2 Å². The van der Waals surface area contributed by atoms with Gasteiger partial charge in [-0.3, -0.25) is 0 Å². The summed E-state index contributed by atoms with van der Waals surface area (Å²) in [5.74, 6) is 0.842. The fourth-order valence-corrected chi connectivity index (χ4v) is 1.86. The molecule has 0 amide bonds. The molecule has 0 aliphatic rings. The van der Waals surface area contributed by atoms with E-state index < -0.39 is 0 Å². The van der Waals surface area contributed by atoms with Crippen molar-refractivity contribution in [2.24, 2.45) is 0 Å². The number of hydrogen-bond acceptors (Lipinski definition) is 2. The molecule has 2 aromatic carbocycles. The summed E-state index contributed by atoms with van der Waals surface area (Å²) < 4.78 is 12.5. The Morgan fingerprint density at radius 3 is 2.43 bits per heavy atom. The molecule has 0 unspecified atom stereocenters. The van der Waals surface area contributed by atoms with E-state index in [1.54, 1.807) is 13.4 Å². The quantitative estimate of drug-likeness (QED) is 0.438. The number of hydrogen-bond donors (Lipinski definition) is 0. The van der Waals surface area contributed by atoms with Crippen LogP contribution in [-0.2, 0) is 11.3 Å². The van der Waals surface area contributed by atoms with Crippen LogP contribution in [0.3, 0.4) is 0 Å². The van der Waals surface area contributed by atoms with Gasteiger partial charge in [-0.1, -0.05) is 30.3 Å². The van der Waals surface area contributed by atoms with Crippen LogP contribution >= 0.6 is 0 Å². The molecule has 0 saturated carbocycles. The molecule has 0 aliphatic heterocycles. The maximum atomic E-state index is 5.49. The summed E-state index contributed by atoms with van der Waals surface area (Å²) in [5.41, 5.74) is 2.19. The predicted octanol–water partition coefficient (Wildman–Crippen LogP) is 3.77. The zero-order chi connectivity index (χ0) is 14.9. The molecule has 0 heterocycles. The van der Waals surface area contributed by atoms with Crippen molar-refractivity contribution in [3.05, 3.63) is 72.5 Å². The first kappa shape index (κ1) is 14.9. The van der Waals surface area contributed by atoms with Crippen molar-refractivity contribution < 1.29 is 14.0 Å². The fraction of sp³-hybridized carbons (Fsp3) is 0.167. The molecular weight excluding hydrogens is 262 g/mol. The van der Waals surface area contributed by atoms with E-state index >= 15 is 0 Å². The summed E-state index contributed by atoms with van der Waals surface area (Å²) >= 11 is 0. The largest absolute Gasteiger partial charge is 0.497 e. The van der Waals surface area contributed by atoms with Crippen molar-refractivity contribution in [3.63, 3.8) is 0 Å². The Morgan fingerprint density at radius 2 is 1.76 bits per heavy atom. The standard InChI is InChI=1S/C18H20NO2/c1-19(17-9-11-18(20-2)12-10-17)13-6-14-21-15-16-7-4-3-5-8-16/h3-12,14H,1,13,15H2,2H3/q+1. The molecule has 108 valence electrons. The third-order valence-corrected chi connectivity index (χ3v) is 3.05. The summed E-state index contributed by atoms with van der Waals surface area (Å²) in [7, 11) is 1.66. The first-order valence-corrected chi connectivity index (χ1v) is 6.82. The Bertz CT molecular complexity index is 588. The van der Waals surface area contributed by atoms with Gasteiger partial charge in [-0.25, -0.2) is 4.58 Å². The van der Waals surface area contributed by atoms with Crippen molar-refractivity contribution >= 4 is 12.4 Å². The van der Waals surface area contributed by atoms with Gasteiger partial charge in [0, 0.05) is 18.2 Å². The first-order chi connectivity index (χ1) is 10.3. The van der Waals surface area contributed by atoms with Gasteiger partial charge in [0.25, 0.3) is 0 Å². The molecule has 0 aromatic heterocycles. The number of methoxy groups -OCH3 is 1. The van der Waals surface area contributed by atoms with Gasteiger partial charge in [-0.05, 0) is 17.7 Å². The molecule has 0 saturated heterocycles. The van der Waals surface area contributed by atoms with Crippen LogP contribution in [0, 0.1) is 0 Å². The van der Waals surface area contributed by atoms with Crippen molar-refractivity contribution in [1.29, 1.82) is 0 Å². The minimum atomic E-state index is 0.580. The number of ether oxygens (including phenoxy) is 2. The second kappa shape index (κ2) is 7.90. The zero-order valence-corrected chi connectivity index (χ0v) is 12.2. The third kappa shape index (κ3) is 4.80. The highest BCUT2D eigenvalue weighted by Crippen LogP contribution is 2.16. The molecule has 0 atom stereocenters. The Hall–Kier alpha value is -2.55. The predicted molar refractivity (Wildman–Crippen MR) is 85.3 cm³/mol. The molecule has 2 rings (SSSR count). The van der Waals surface area contributed by atoms with E-state index in [0.717, 1.165) is 17.0 Å². The van der Waals surface area contributed by atoms with Crippen molar-refractivity contribution in [1.82, 2.24) is 0 Å². The fourth-order valence-electron chi connectivity index (χ4n) is 1.86. The third-order valence-electron chi connectivity index (χ3n) is 3.05. The van der Waals surface area contributed by atoms with Crippen LogP contribution in [0.4, 0.5) is 5.69 Å². The van der Waals surface area contributed by atoms with Gasteiger partial charge in [-0.2, -0.15) is 0 Å². The summed E-state index contributed by atoms with van der Waals surface area (Å²) in [6, 6.07) is 17.9. The molecular formula is C18H20NO2+. The van der Waals surface area contributed by atoms with Crippen LogP contribution in [0.5, 0.6) is 5.75 Å². The minimum Gasteiger partial charge on any atom is -0.497 e. The van der Waals surface area contributed by atoms with E-state index in [-0.39, 0.29) is 0 Å². The maximum absolute atomic E-state index is 5.49. The highest BCUT2D eigenvalue weighted by Gasteiger charge is 2.03. The Labute approximate surface area is 125 Å². The van der Waals surface area contributed by atoms with Gasteiger partial charge < -0.3 is 9.47 Å². The summed E-state index contributed by atoms with van der Waals surface area (Å²) in [6.07, 6.45) is 3.66. The van der Waals surface area contributed by atoms with Crippen molar-refractivity contribution in [2.75, 3.05) is 13.7 Å². The Morgan fingerprint density at radius 1 is 1.05 bits per heavy atom. The molecule has 21 heavy (non-hydrogen) atoms. The average molecular weight is 282 g/mol. The van der Waals surface area contributed by atoms with Crippen molar-refractivity contribution in [2.45, 2.75) is 6.61 Å². The molecule has 2 aromatic rings. The Kier molecular flexibility index (Phi) is 5.59. The Balaban J connectivity index is 1.76. The molecule has 0 fully saturated rings. The second-order valence-corrected chi connectivity index (χ2v) is 4.59. The topological polar surface area (TPSA) is 21.5 Å². The maximum Gasteiger partial charge on any atom is 0.205 e. The lowest BCUT2D eigenvalue weighted by molar-refractivity contribution is -0.418. The minimum absolute atomic E-state index is 0.580. The smallest absolute Gasteiger partial charge is 0.205 e. The van der Waals surface area contributed by atoms with Gasteiger partial charge in [0.1, 0.15) is 19.1 Å². The highest BCUT2D eigenvalue weighted by atomic mass is 16.5. The molecule has 0 bridgehead atoms. The van der Waals surface area contributed by atoms with Gasteiger partial charge in [-0.15, -0.1) is 0 Å². The van der Waals surface area contributed by atoms with Crippen LogP contribution in [0.25, 0.3) is 0 Å². The van der Waals surface area contributed by atoms with E-state index in [4.69, 9.17) is 9.47 Å².